The second-order valence-corrected chi connectivity index (χ2v) is 4.96. The minimum Gasteiger partial charge on any atom is -0.309 e. The van der Waals surface area contributed by atoms with Gasteiger partial charge in [0, 0.05) is 25.5 Å². The van der Waals surface area contributed by atoms with E-state index in [9.17, 15) is 13.2 Å². The summed E-state index contributed by atoms with van der Waals surface area (Å²) in [6.45, 7) is 2.77. The maximum Gasteiger partial charge on any atom is 0.433 e. The third-order valence-corrected chi connectivity index (χ3v) is 3.26. The van der Waals surface area contributed by atoms with Crippen LogP contribution in [0.5, 0.6) is 0 Å². The first-order valence-corrected chi connectivity index (χ1v) is 7.04. The van der Waals surface area contributed by atoms with Gasteiger partial charge in [-0.15, -0.1) is 0 Å². The van der Waals surface area contributed by atoms with Crippen molar-refractivity contribution < 1.29 is 13.2 Å². The summed E-state index contributed by atoms with van der Waals surface area (Å²) in [5.41, 5.74) is 1.89. The number of pyridine rings is 2. The van der Waals surface area contributed by atoms with Gasteiger partial charge in [0.05, 0.1) is 11.3 Å². The highest BCUT2D eigenvalue weighted by molar-refractivity contribution is 5.35. The van der Waals surface area contributed by atoms with Crippen molar-refractivity contribution in [1.29, 1.82) is 5.26 Å². The lowest BCUT2D eigenvalue weighted by Crippen LogP contribution is -2.14. The zero-order valence-corrected chi connectivity index (χ0v) is 12.5. The van der Waals surface area contributed by atoms with Crippen molar-refractivity contribution in [3.8, 4) is 6.07 Å². The Morgan fingerprint density at radius 1 is 1.13 bits per heavy atom. The van der Waals surface area contributed by atoms with Crippen molar-refractivity contribution in [2.24, 2.45) is 0 Å². The van der Waals surface area contributed by atoms with E-state index in [1.165, 1.54) is 12.3 Å². The number of aromatic nitrogens is 2. The highest BCUT2D eigenvalue weighted by atomic mass is 19.4. The lowest BCUT2D eigenvalue weighted by molar-refractivity contribution is -0.141. The van der Waals surface area contributed by atoms with Crippen LogP contribution in [0.4, 0.5) is 13.2 Å². The molecule has 120 valence electrons. The highest BCUT2D eigenvalue weighted by Gasteiger charge is 2.31. The van der Waals surface area contributed by atoms with Crippen LogP contribution >= 0.6 is 0 Å². The fraction of sp³-hybridized carbons (Fsp3) is 0.312. The lowest BCUT2D eigenvalue weighted by Gasteiger charge is -2.08. The standard InChI is InChI=1S/C16H15F3N4/c1-2-14-13(6-20)5-12(10-22-14)8-21-7-11-3-4-15(23-9-11)16(17,18)19/h3-5,9-10,21H,2,7-8H2,1H3. The summed E-state index contributed by atoms with van der Waals surface area (Å²) < 4.78 is 37.2. The van der Waals surface area contributed by atoms with E-state index in [1.54, 1.807) is 12.3 Å². The van der Waals surface area contributed by atoms with Gasteiger partial charge in [0.25, 0.3) is 0 Å². The molecule has 0 amide bonds. The Morgan fingerprint density at radius 2 is 1.83 bits per heavy atom. The van der Waals surface area contributed by atoms with Gasteiger partial charge in [0.15, 0.2) is 0 Å². The zero-order chi connectivity index (χ0) is 16.9. The smallest absolute Gasteiger partial charge is 0.309 e. The molecule has 0 aliphatic rings. The van der Waals surface area contributed by atoms with Gasteiger partial charge in [-0.1, -0.05) is 13.0 Å². The number of halogens is 3. The van der Waals surface area contributed by atoms with Crippen molar-refractivity contribution in [3.05, 3.63) is 58.7 Å². The third kappa shape index (κ3) is 4.50. The molecule has 0 aromatic carbocycles. The number of hydrogen-bond acceptors (Lipinski definition) is 4. The molecule has 1 N–H and O–H groups in total. The van der Waals surface area contributed by atoms with Crippen LogP contribution in [0.25, 0.3) is 0 Å². The van der Waals surface area contributed by atoms with E-state index in [0.717, 1.165) is 17.3 Å². The van der Waals surface area contributed by atoms with E-state index < -0.39 is 11.9 Å². The van der Waals surface area contributed by atoms with E-state index in [0.29, 0.717) is 30.6 Å². The molecule has 0 spiro atoms. The average molecular weight is 320 g/mol. The first kappa shape index (κ1) is 16.9. The largest absolute Gasteiger partial charge is 0.433 e. The molecule has 0 radical (unpaired) electrons. The molecule has 2 aromatic heterocycles. The Labute approximate surface area is 132 Å². The fourth-order valence-corrected chi connectivity index (χ4v) is 2.06. The van der Waals surface area contributed by atoms with Gasteiger partial charge >= 0.3 is 6.18 Å². The van der Waals surface area contributed by atoms with E-state index >= 15 is 0 Å². The first-order valence-electron chi connectivity index (χ1n) is 7.04. The average Bonchev–Trinajstić information content (AvgIpc) is 2.54. The minimum atomic E-state index is -4.42. The summed E-state index contributed by atoms with van der Waals surface area (Å²) in [5.74, 6) is 0. The maximum atomic E-state index is 12.4. The summed E-state index contributed by atoms with van der Waals surface area (Å²) in [4.78, 5) is 7.64. The Balaban J connectivity index is 1.94. The third-order valence-electron chi connectivity index (χ3n) is 3.26. The fourth-order valence-electron chi connectivity index (χ4n) is 2.06. The Bertz CT molecular complexity index is 703. The number of alkyl halides is 3. The van der Waals surface area contributed by atoms with Gasteiger partial charge in [-0.25, -0.2) is 0 Å². The molecule has 0 bridgehead atoms. The number of nitrogens with zero attached hydrogens (tertiary/aromatic N) is 3. The topological polar surface area (TPSA) is 61.6 Å². The zero-order valence-electron chi connectivity index (χ0n) is 12.5. The molecule has 4 nitrogen and oxygen atoms in total. The maximum absolute atomic E-state index is 12.4. The lowest BCUT2D eigenvalue weighted by atomic mass is 10.1. The van der Waals surface area contributed by atoms with Crippen LogP contribution in [0.2, 0.25) is 0 Å². The van der Waals surface area contributed by atoms with Crippen LogP contribution in [-0.4, -0.2) is 9.97 Å². The van der Waals surface area contributed by atoms with Gasteiger partial charge in [-0.2, -0.15) is 18.4 Å². The summed E-state index contributed by atoms with van der Waals surface area (Å²) >= 11 is 0. The molecular formula is C16H15F3N4. The van der Waals surface area contributed by atoms with Crippen molar-refractivity contribution in [1.82, 2.24) is 15.3 Å². The molecule has 0 atom stereocenters. The Kier molecular flexibility index (Phi) is 5.29. The Hall–Kier alpha value is -2.46. The molecule has 2 rings (SSSR count). The van der Waals surface area contributed by atoms with Crippen molar-refractivity contribution in [2.75, 3.05) is 0 Å². The number of hydrogen-bond donors (Lipinski definition) is 1. The second-order valence-electron chi connectivity index (χ2n) is 4.96. The first-order chi connectivity index (χ1) is 10.9. The number of aryl methyl sites for hydroxylation is 1. The predicted octanol–water partition coefficient (Wildman–Crippen LogP) is 3.22. The van der Waals surface area contributed by atoms with Gasteiger partial charge in [-0.3, -0.25) is 9.97 Å². The molecule has 0 saturated carbocycles. The summed E-state index contributed by atoms with van der Waals surface area (Å²) in [6, 6.07) is 6.23. The SMILES string of the molecule is CCc1ncc(CNCc2ccc(C(F)(F)F)nc2)cc1C#N. The normalized spacial score (nSPS) is 11.3. The van der Waals surface area contributed by atoms with Crippen molar-refractivity contribution in [2.45, 2.75) is 32.6 Å². The molecule has 2 heterocycles. The Morgan fingerprint density at radius 3 is 2.39 bits per heavy atom. The number of nitrogens with one attached hydrogen (secondary N) is 1. The van der Waals surface area contributed by atoms with Gasteiger partial charge in [0.2, 0.25) is 0 Å². The molecular weight excluding hydrogens is 305 g/mol. The van der Waals surface area contributed by atoms with Crippen molar-refractivity contribution >= 4 is 0 Å². The van der Waals surface area contributed by atoms with E-state index in [1.807, 2.05) is 6.92 Å². The predicted molar refractivity (Wildman–Crippen MR) is 78.1 cm³/mol. The molecule has 23 heavy (non-hydrogen) atoms. The van der Waals surface area contributed by atoms with Crippen molar-refractivity contribution in [3.63, 3.8) is 0 Å². The van der Waals surface area contributed by atoms with Crippen LogP contribution in [0.1, 0.15) is 35.0 Å². The number of nitriles is 1. The molecule has 0 aliphatic carbocycles. The quantitative estimate of drug-likeness (QED) is 0.919. The van der Waals surface area contributed by atoms with Crippen LogP contribution in [-0.2, 0) is 25.7 Å². The molecule has 0 saturated heterocycles. The molecule has 0 aliphatic heterocycles. The van der Waals surface area contributed by atoms with Crippen LogP contribution < -0.4 is 5.32 Å². The number of rotatable bonds is 5. The molecule has 0 unspecified atom stereocenters. The van der Waals surface area contributed by atoms with Gasteiger partial charge in [0.1, 0.15) is 11.8 Å². The van der Waals surface area contributed by atoms with Gasteiger partial charge in [-0.05, 0) is 29.7 Å². The molecule has 2 aromatic rings. The van der Waals surface area contributed by atoms with Crippen LogP contribution in [0.15, 0.2) is 30.6 Å². The van der Waals surface area contributed by atoms with E-state index in [-0.39, 0.29) is 0 Å². The van der Waals surface area contributed by atoms with E-state index in [2.05, 4.69) is 21.4 Å². The minimum absolute atomic E-state index is 0.378. The van der Waals surface area contributed by atoms with E-state index in [4.69, 9.17) is 5.26 Å². The summed E-state index contributed by atoms with van der Waals surface area (Å²) in [7, 11) is 0. The van der Waals surface area contributed by atoms with Gasteiger partial charge < -0.3 is 5.32 Å². The summed E-state index contributed by atoms with van der Waals surface area (Å²) in [5, 5.41) is 12.2. The highest BCUT2D eigenvalue weighted by Crippen LogP contribution is 2.27. The molecule has 7 heteroatoms. The molecule has 0 fully saturated rings. The monoisotopic (exact) mass is 320 g/mol. The second kappa shape index (κ2) is 7.20. The van der Waals surface area contributed by atoms with Crippen LogP contribution in [0, 0.1) is 11.3 Å². The summed E-state index contributed by atoms with van der Waals surface area (Å²) in [6.07, 6.45) is -0.840. The van der Waals surface area contributed by atoms with Crippen LogP contribution in [0.3, 0.4) is 0 Å².